The van der Waals surface area contributed by atoms with Gasteiger partial charge in [0.05, 0.1) is 16.6 Å². The van der Waals surface area contributed by atoms with Crippen molar-refractivity contribution in [2.45, 2.75) is 6.18 Å². The number of halogens is 3. The quantitative estimate of drug-likeness (QED) is 0.164. The van der Waals surface area contributed by atoms with Crippen LogP contribution in [0, 0.1) is 0 Å². The van der Waals surface area contributed by atoms with Gasteiger partial charge in [-0.1, -0.05) is 146 Å². The van der Waals surface area contributed by atoms with Crippen molar-refractivity contribution in [2.24, 2.45) is 0 Å². The first-order chi connectivity index (χ1) is 28.9. The highest BCUT2D eigenvalue weighted by Crippen LogP contribution is 2.43. The van der Waals surface area contributed by atoms with Crippen LogP contribution in [0.5, 0.6) is 0 Å². The van der Waals surface area contributed by atoms with Gasteiger partial charge in [-0.05, 0) is 97.0 Å². The van der Waals surface area contributed by atoms with Crippen LogP contribution in [-0.2, 0) is 6.18 Å². The molecule has 0 aliphatic heterocycles. The van der Waals surface area contributed by atoms with Gasteiger partial charge in [0.2, 0.25) is 5.95 Å². The standard InChI is InChI=1S/C52H31F3N4/c53-52(54,55)38-24-20-33(21-25-38)36-22-26-41-42(28-36)39-18-10-11-19-40(39)43-30-46-45-29-37(32-12-4-1-5-13-32)23-27-47(45)59(48(46)31-44(41)43)51-57-49(34-14-6-2-7-15-34)56-50(58-51)35-16-8-3-9-17-35/h1-31H. The van der Waals surface area contributed by atoms with Gasteiger partial charge < -0.3 is 0 Å². The SMILES string of the molecule is FC(F)(F)c1ccc(-c2ccc3c(c2)c2ccccc2c2cc4c5cc(-c6ccccc6)ccc5n(-c5nc(-c6ccccc6)nc(-c6ccccc6)n5)c4cc32)cc1. The third-order valence-corrected chi connectivity index (χ3v) is 11.3. The Morgan fingerprint density at radius 2 is 0.763 bits per heavy atom. The van der Waals surface area contributed by atoms with Crippen LogP contribution < -0.4 is 0 Å². The van der Waals surface area contributed by atoms with Crippen molar-refractivity contribution < 1.29 is 13.2 Å². The Bertz CT molecular complexity index is 3340. The number of aromatic nitrogens is 4. The van der Waals surface area contributed by atoms with Gasteiger partial charge in [0.25, 0.3) is 0 Å². The summed E-state index contributed by atoms with van der Waals surface area (Å²) in [5.41, 5.74) is 6.76. The van der Waals surface area contributed by atoms with Gasteiger partial charge in [0.1, 0.15) is 0 Å². The lowest BCUT2D eigenvalue weighted by Gasteiger charge is -2.14. The molecule has 9 aromatic carbocycles. The molecule has 0 spiro atoms. The normalized spacial score (nSPS) is 12.0. The van der Waals surface area contributed by atoms with E-state index in [0.717, 1.165) is 94.1 Å². The first-order valence-corrected chi connectivity index (χ1v) is 19.3. The summed E-state index contributed by atoms with van der Waals surface area (Å²) in [6, 6.07) is 61.3. The van der Waals surface area contributed by atoms with Crippen LogP contribution in [0.3, 0.4) is 0 Å². The second-order valence-corrected chi connectivity index (χ2v) is 14.7. The summed E-state index contributed by atoms with van der Waals surface area (Å²) in [6.07, 6.45) is -4.40. The lowest BCUT2D eigenvalue weighted by atomic mass is 9.91. The summed E-state index contributed by atoms with van der Waals surface area (Å²) in [7, 11) is 0. The fraction of sp³-hybridized carbons (Fsp3) is 0.0192. The van der Waals surface area contributed by atoms with E-state index in [1.807, 2.05) is 78.9 Å². The molecule has 11 aromatic rings. The van der Waals surface area contributed by atoms with Crippen LogP contribution in [0.25, 0.3) is 105 Å². The second-order valence-electron chi connectivity index (χ2n) is 14.7. The van der Waals surface area contributed by atoms with Gasteiger partial charge in [-0.25, -0.2) is 4.98 Å². The zero-order chi connectivity index (χ0) is 39.7. The molecule has 0 aliphatic carbocycles. The predicted molar refractivity (Wildman–Crippen MR) is 233 cm³/mol. The van der Waals surface area contributed by atoms with Gasteiger partial charge in [0.15, 0.2) is 11.6 Å². The maximum absolute atomic E-state index is 13.4. The van der Waals surface area contributed by atoms with E-state index in [0.29, 0.717) is 23.2 Å². The molecule has 2 aromatic heterocycles. The molecule has 0 saturated carbocycles. The molecular weight excluding hydrogens is 738 g/mol. The molecule has 0 unspecified atom stereocenters. The summed E-state index contributed by atoms with van der Waals surface area (Å²) in [5, 5.41) is 8.44. The van der Waals surface area contributed by atoms with Gasteiger partial charge in [-0.2, -0.15) is 23.1 Å². The number of fused-ring (bicyclic) bond motifs is 9. The van der Waals surface area contributed by atoms with Crippen LogP contribution in [-0.4, -0.2) is 19.5 Å². The molecule has 59 heavy (non-hydrogen) atoms. The Morgan fingerprint density at radius 3 is 1.36 bits per heavy atom. The van der Waals surface area contributed by atoms with Crippen molar-refractivity contribution in [3.05, 3.63) is 194 Å². The average molecular weight is 769 g/mol. The summed E-state index contributed by atoms with van der Waals surface area (Å²) in [6.45, 7) is 0. The fourth-order valence-electron chi connectivity index (χ4n) is 8.42. The molecule has 0 fully saturated rings. The third kappa shape index (κ3) is 5.89. The zero-order valence-electron chi connectivity index (χ0n) is 31.3. The highest BCUT2D eigenvalue weighted by Gasteiger charge is 2.30. The van der Waals surface area contributed by atoms with Crippen LogP contribution in [0.4, 0.5) is 13.2 Å². The molecule has 280 valence electrons. The minimum absolute atomic E-state index is 0.499. The smallest absolute Gasteiger partial charge is 0.278 e. The van der Waals surface area contributed by atoms with Crippen molar-refractivity contribution in [1.29, 1.82) is 0 Å². The molecule has 7 heteroatoms. The van der Waals surface area contributed by atoms with Crippen molar-refractivity contribution in [2.75, 3.05) is 0 Å². The monoisotopic (exact) mass is 768 g/mol. The van der Waals surface area contributed by atoms with E-state index < -0.39 is 11.7 Å². The molecule has 0 aliphatic rings. The van der Waals surface area contributed by atoms with Gasteiger partial charge in [0, 0.05) is 21.9 Å². The summed E-state index contributed by atoms with van der Waals surface area (Å²) in [4.78, 5) is 15.3. The topological polar surface area (TPSA) is 43.6 Å². The minimum Gasteiger partial charge on any atom is -0.278 e. The number of rotatable bonds is 5. The van der Waals surface area contributed by atoms with E-state index in [4.69, 9.17) is 15.0 Å². The van der Waals surface area contributed by atoms with E-state index in [9.17, 15) is 13.2 Å². The molecule has 0 saturated heterocycles. The Balaban J connectivity index is 1.22. The Morgan fingerprint density at radius 1 is 0.322 bits per heavy atom. The molecule has 0 atom stereocenters. The highest BCUT2D eigenvalue weighted by molar-refractivity contribution is 6.29. The third-order valence-electron chi connectivity index (χ3n) is 11.3. The van der Waals surface area contributed by atoms with E-state index in [1.165, 1.54) is 0 Å². The fourth-order valence-corrected chi connectivity index (χ4v) is 8.42. The maximum Gasteiger partial charge on any atom is 0.416 e. The summed E-state index contributed by atoms with van der Waals surface area (Å²) >= 11 is 0. The highest BCUT2D eigenvalue weighted by atomic mass is 19.4. The molecule has 4 nitrogen and oxygen atoms in total. The van der Waals surface area contributed by atoms with Crippen molar-refractivity contribution in [1.82, 2.24) is 19.5 Å². The molecule has 2 heterocycles. The largest absolute Gasteiger partial charge is 0.416 e. The molecule has 0 amide bonds. The molecule has 0 bridgehead atoms. The second kappa shape index (κ2) is 13.5. The lowest BCUT2D eigenvalue weighted by Crippen LogP contribution is -2.06. The number of hydrogen-bond acceptors (Lipinski definition) is 3. The lowest BCUT2D eigenvalue weighted by molar-refractivity contribution is -0.137. The summed E-state index contributed by atoms with van der Waals surface area (Å²) < 4.78 is 42.5. The van der Waals surface area contributed by atoms with Crippen molar-refractivity contribution >= 4 is 54.1 Å². The first kappa shape index (κ1) is 34.6. The number of nitrogens with zero attached hydrogens (tertiary/aromatic N) is 4. The number of hydrogen-bond donors (Lipinski definition) is 0. The van der Waals surface area contributed by atoms with E-state index in [-0.39, 0.29) is 0 Å². The van der Waals surface area contributed by atoms with Crippen molar-refractivity contribution in [3.8, 4) is 51.0 Å². The average Bonchev–Trinajstić information content (AvgIpc) is 3.61. The van der Waals surface area contributed by atoms with E-state index >= 15 is 0 Å². The van der Waals surface area contributed by atoms with Gasteiger partial charge in [-0.15, -0.1) is 0 Å². The molecule has 0 N–H and O–H groups in total. The van der Waals surface area contributed by atoms with Gasteiger partial charge in [-0.3, -0.25) is 4.57 Å². The van der Waals surface area contributed by atoms with Crippen molar-refractivity contribution in [3.63, 3.8) is 0 Å². The Kier molecular flexibility index (Phi) is 7.91. The van der Waals surface area contributed by atoms with Crippen LogP contribution in [0.1, 0.15) is 5.56 Å². The minimum atomic E-state index is -4.40. The van der Waals surface area contributed by atoms with E-state index in [2.05, 4.69) is 89.5 Å². The van der Waals surface area contributed by atoms with Crippen LogP contribution in [0.2, 0.25) is 0 Å². The molecule has 0 radical (unpaired) electrons. The number of benzene rings is 9. The van der Waals surface area contributed by atoms with E-state index in [1.54, 1.807) is 12.1 Å². The maximum atomic E-state index is 13.4. The molecule has 11 rings (SSSR count). The van der Waals surface area contributed by atoms with Gasteiger partial charge >= 0.3 is 6.18 Å². The molecular formula is C52H31F3N4. The predicted octanol–water partition coefficient (Wildman–Crippen LogP) is 14.1. The Labute approximate surface area is 336 Å². The van der Waals surface area contributed by atoms with Crippen LogP contribution >= 0.6 is 0 Å². The number of alkyl halides is 3. The van der Waals surface area contributed by atoms with Crippen LogP contribution in [0.15, 0.2) is 188 Å². The first-order valence-electron chi connectivity index (χ1n) is 19.3. The zero-order valence-corrected chi connectivity index (χ0v) is 31.3. The summed E-state index contributed by atoms with van der Waals surface area (Å²) in [5.74, 6) is 1.64. The Hall–Kier alpha value is -7.64.